The van der Waals surface area contributed by atoms with E-state index >= 15 is 0 Å². The third-order valence-corrected chi connectivity index (χ3v) is 6.72. The summed E-state index contributed by atoms with van der Waals surface area (Å²) in [6.07, 6.45) is 7.82. The number of rotatable bonds is 7. The predicted molar refractivity (Wildman–Crippen MR) is 112 cm³/mol. The average molecular weight is 402 g/mol. The maximum Gasteiger partial charge on any atom is 0.230 e. The summed E-state index contributed by atoms with van der Waals surface area (Å²) in [7, 11) is 0. The van der Waals surface area contributed by atoms with Crippen LogP contribution in [0.1, 0.15) is 57.6 Å². The van der Waals surface area contributed by atoms with Gasteiger partial charge in [-0.05, 0) is 56.9 Å². The van der Waals surface area contributed by atoms with Crippen molar-refractivity contribution in [1.82, 2.24) is 4.98 Å². The highest BCUT2D eigenvalue weighted by Gasteiger charge is 2.31. The first-order valence-electron chi connectivity index (χ1n) is 10.4. The van der Waals surface area contributed by atoms with E-state index in [2.05, 4.69) is 17.2 Å². The molecule has 0 atom stereocenters. The number of amides is 1. The normalized spacial score (nSPS) is 17.5. The Morgan fingerprint density at radius 1 is 1.14 bits per heavy atom. The number of halogens is 1. The zero-order valence-electron chi connectivity index (χ0n) is 16.4. The van der Waals surface area contributed by atoms with Gasteiger partial charge in [-0.3, -0.25) is 4.79 Å². The number of carbonyl (C=O) groups is 1. The fourth-order valence-electron chi connectivity index (χ4n) is 4.09. The van der Waals surface area contributed by atoms with E-state index in [1.165, 1.54) is 31.4 Å². The minimum absolute atomic E-state index is 0.0653. The Kier molecular flexibility index (Phi) is 5.95. The van der Waals surface area contributed by atoms with Gasteiger partial charge in [-0.25, -0.2) is 9.37 Å². The van der Waals surface area contributed by atoms with Gasteiger partial charge in [0.1, 0.15) is 5.82 Å². The van der Waals surface area contributed by atoms with Gasteiger partial charge in [0.05, 0.1) is 12.2 Å². The number of nitrogens with zero attached hydrogens (tertiary/aromatic N) is 3. The van der Waals surface area contributed by atoms with Crippen molar-refractivity contribution in [1.29, 1.82) is 0 Å². The number of thiazole rings is 1. The van der Waals surface area contributed by atoms with Crippen LogP contribution in [-0.4, -0.2) is 23.5 Å². The third kappa shape index (κ3) is 4.37. The number of aromatic nitrogens is 1. The van der Waals surface area contributed by atoms with Gasteiger partial charge >= 0.3 is 0 Å². The average Bonchev–Trinajstić information content (AvgIpc) is 3.46. The van der Waals surface area contributed by atoms with Gasteiger partial charge < -0.3 is 9.80 Å². The van der Waals surface area contributed by atoms with E-state index < -0.39 is 0 Å². The lowest BCUT2D eigenvalue weighted by Crippen LogP contribution is -2.36. The lowest BCUT2D eigenvalue weighted by Gasteiger charge is -2.29. The van der Waals surface area contributed by atoms with Crippen LogP contribution < -0.4 is 9.80 Å². The number of benzene rings is 1. The number of carbonyl (C=O) groups excluding carboxylic acids is 1. The van der Waals surface area contributed by atoms with Crippen molar-refractivity contribution in [3.8, 4) is 0 Å². The second-order valence-electron chi connectivity index (χ2n) is 7.87. The molecule has 0 unspecified atom stereocenters. The summed E-state index contributed by atoms with van der Waals surface area (Å²) in [5.41, 5.74) is 1.66. The van der Waals surface area contributed by atoms with Crippen molar-refractivity contribution in [3.05, 3.63) is 41.2 Å². The molecule has 6 heteroatoms. The molecule has 2 aromatic rings. The zero-order valence-corrected chi connectivity index (χ0v) is 17.3. The first kappa shape index (κ1) is 19.4. The molecule has 2 aliphatic carbocycles. The SMILES string of the molecule is CCN(c1nc(CN(C(=O)C2CCCCC2)c2ccc(F)cc2)cs1)C1CC1. The molecular formula is C22H28FN3OS. The summed E-state index contributed by atoms with van der Waals surface area (Å²) in [4.78, 5) is 22.3. The van der Waals surface area contributed by atoms with Crippen LogP contribution in [0.3, 0.4) is 0 Å². The third-order valence-electron chi connectivity index (χ3n) is 5.79. The van der Waals surface area contributed by atoms with Gasteiger partial charge in [0, 0.05) is 29.6 Å². The molecule has 4 nitrogen and oxygen atoms in total. The fourth-order valence-corrected chi connectivity index (χ4v) is 5.04. The lowest BCUT2D eigenvalue weighted by atomic mass is 9.88. The molecule has 1 amide bonds. The van der Waals surface area contributed by atoms with Crippen molar-refractivity contribution in [2.45, 2.75) is 64.5 Å². The minimum atomic E-state index is -0.284. The molecule has 1 aromatic carbocycles. The van der Waals surface area contributed by atoms with Gasteiger partial charge in [-0.2, -0.15) is 0 Å². The predicted octanol–water partition coefficient (Wildman–Crippen LogP) is 5.38. The quantitative estimate of drug-likeness (QED) is 0.625. The molecule has 1 heterocycles. The molecule has 2 saturated carbocycles. The highest BCUT2D eigenvalue weighted by atomic mass is 32.1. The van der Waals surface area contributed by atoms with E-state index in [1.54, 1.807) is 23.5 Å². The van der Waals surface area contributed by atoms with E-state index in [0.717, 1.165) is 48.7 Å². The topological polar surface area (TPSA) is 36.4 Å². The number of hydrogen-bond donors (Lipinski definition) is 0. The van der Waals surface area contributed by atoms with Crippen LogP contribution in [-0.2, 0) is 11.3 Å². The molecule has 0 radical (unpaired) electrons. The first-order valence-corrected chi connectivity index (χ1v) is 11.3. The van der Waals surface area contributed by atoms with Crippen molar-refractivity contribution in [2.24, 2.45) is 5.92 Å². The summed E-state index contributed by atoms with van der Waals surface area (Å²) in [5.74, 6) is -0.0707. The summed E-state index contributed by atoms with van der Waals surface area (Å²) in [5, 5.41) is 3.11. The van der Waals surface area contributed by atoms with E-state index in [4.69, 9.17) is 4.98 Å². The molecule has 0 saturated heterocycles. The lowest BCUT2D eigenvalue weighted by molar-refractivity contribution is -0.123. The Morgan fingerprint density at radius 2 is 1.86 bits per heavy atom. The minimum Gasteiger partial charge on any atom is -0.345 e. The Bertz CT molecular complexity index is 796. The van der Waals surface area contributed by atoms with Gasteiger partial charge in [0.25, 0.3) is 0 Å². The summed E-state index contributed by atoms with van der Waals surface area (Å²) in [6.45, 7) is 3.57. The van der Waals surface area contributed by atoms with Crippen LogP contribution in [0.25, 0.3) is 0 Å². The van der Waals surface area contributed by atoms with E-state index in [0.29, 0.717) is 12.6 Å². The summed E-state index contributed by atoms with van der Waals surface area (Å²) < 4.78 is 13.4. The van der Waals surface area contributed by atoms with Crippen molar-refractivity contribution in [3.63, 3.8) is 0 Å². The molecule has 0 bridgehead atoms. The van der Waals surface area contributed by atoms with Crippen LogP contribution in [0.2, 0.25) is 0 Å². The monoisotopic (exact) mass is 401 g/mol. The summed E-state index contributed by atoms with van der Waals surface area (Å²) in [6, 6.07) is 6.88. The second kappa shape index (κ2) is 8.60. The molecule has 1 aromatic heterocycles. The molecule has 0 N–H and O–H groups in total. The second-order valence-corrected chi connectivity index (χ2v) is 8.71. The van der Waals surface area contributed by atoms with E-state index in [-0.39, 0.29) is 17.6 Å². The largest absolute Gasteiger partial charge is 0.345 e. The summed E-state index contributed by atoms with van der Waals surface area (Å²) >= 11 is 1.65. The van der Waals surface area contributed by atoms with Crippen LogP contribution in [0, 0.1) is 11.7 Å². The smallest absolute Gasteiger partial charge is 0.230 e. The van der Waals surface area contributed by atoms with Gasteiger partial charge in [0.2, 0.25) is 5.91 Å². The molecule has 2 fully saturated rings. The molecule has 150 valence electrons. The Morgan fingerprint density at radius 3 is 2.50 bits per heavy atom. The highest BCUT2D eigenvalue weighted by molar-refractivity contribution is 7.13. The van der Waals surface area contributed by atoms with E-state index in [9.17, 15) is 9.18 Å². The number of anilines is 2. The fraction of sp³-hybridized carbons (Fsp3) is 0.545. The molecular weight excluding hydrogens is 373 g/mol. The molecule has 0 aliphatic heterocycles. The van der Waals surface area contributed by atoms with Gasteiger partial charge in [-0.1, -0.05) is 19.3 Å². The van der Waals surface area contributed by atoms with Crippen LogP contribution in [0.4, 0.5) is 15.2 Å². The maximum atomic E-state index is 13.4. The van der Waals surface area contributed by atoms with Crippen molar-refractivity contribution in [2.75, 3.05) is 16.3 Å². The standard InChI is InChI=1S/C22H28FN3OS/c1-2-25(19-12-13-19)22-24-18(15-28-22)14-26(20-10-8-17(23)9-11-20)21(27)16-6-4-3-5-7-16/h8-11,15-16,19H,2-7,12-14H2,1H3. The van der Waals surface area contributed by atoms with Crippen LogP contribution in [0.5, 0.6) is 0 Å². The zero-order chi connectivity index (χ0) is 19.5. The van der Waals surface area contributed by atoms with E-state index in [1.807, 2.05) is 4.90 Å². The molecule has 28 heavy (non-hydrogen) atoms. The molecule has 0 spiro atoms. The first-order chi connectivity index (χ1) is 13.7. The Balaban J connectivity index is 1.55. The van der Waals surface area contributed by atoms with Crippen LogP contribution >= 0.6 is 11.3 Å². The Labute approximate surface area is 170 Å². The molecule has 4 rings (SSSR count). The van der Waals surface area contributed by atoms with Gasteiger partial charge in [-0.15, -0.1) is 11.3 Å². The van der Waals surface area contributed by atoms with Crippen LogP contribution in [0.15, 0.2) is 29.6 Å². The maximum absolute atomic E-state index is 13.4. The van der Waals surface area contributed by atoms with Gasteiger partial charge in [0.15, 0.2) is 5.13 Å². The molecule has 2 aliphatic rings. The van der Waals surface area contributed by atoms with Crippen molar-refractivity contribution < 1.29 is 9.18 Å². The number of hydrogen-bond acceptors (Lipinski definition) is 4. The van der Waals surface area contributed by atoms with Crippen molar-refractivity contribution >= 4 is 28.1 Å². The Hall–Kier alpha value is -1.95. The highest BCUT2D eigenvalue weighted by Crippen LogP contribution is 2.34.